The summed E-state index contributed by atoms with van der Waals surface area (Å²) in [6.45, 7) is 1.95. The number of rotatable bonds is 4. The van der Waals surface area contributed by atoms with Crippen molar-refractivity contribution in [1.82, 2.24) is 9.97 Å². The van der Waals surface area contributed by atoms with Crippen molar-refractivity contribution in [1.29, 1.82) is 0 Å². The summed E-state index contributed by atoms with van der Waals surface area (Å²) in [4.78, 5) is 20.8. The molecule has 3 rings (SSSR count). The summed E-state index contributed by atoms with van der Waals surface area (Å²) in [5, 5.41) is 6.20. The Kier molecular flexibility index (Phi) is 4.91. The first-order valence-corrected chi connectivity index (χ1v) is 8.57. The fourth-order valence-corrected chi connectivity index (χ4v) is 3.21. The highest BCUT2D eigenvalue weighted by molar-refractivity contribution is 9.10. The lowest BCUT2D eigenvalue weighted by atomic mass is 10.2. The van der Waals surface area contributed by atoms with Gasteiger partial charge in [0.05, 0.1) is 5.56 Å². The summed E-state index contributed by atoms with van der Waals surface area (Å²) < 4.78 is 0.985. The molecule has 0 radical (unpaired) electrons. The minimum absolute atomic E-state index is 0.206. The maximum absolute atomic E-state index is 12.3. The van der Waals surface area contributed by atoms with Crippen molar-refractivity contribution in [2.45, 2.75) is 38.6 Å². The first-order chi connectivity index (χ1) is 11.1. The molecule has 1 fully saturated rings. The lowest BCUT2D eigenvalue weighted by Gasteiger charge is -2.12. The average molecular weight is 375 g/mol. The van der Waals surface area contributed by atoms with Gasteiger partial charge in [0.15, 0.2) is 0 Å². The summed E-state index contributed by atoms with van der Waals surface area (Å²) in [6.07, 6.45) is 7.96. The number of amides is 1. The second-order valence-electron chi connectivity index (χ2n) is 5.83. The van der Waals surface area contributed by atoms with E-state index in [9.17, 15) is 4.79 Å². The first-order valence-electron chi connectivity index (χ1n) is 7.78. The van der Waals surface area contributed by atoms with Crippen LogP contribution in [-0.4, -0.2) is 21.9 Å². The second-order valence-corrected chi connectivity index (χ2v) is 6.75. The topological polar surface area (TPSA) is 66.9 Å². The Morgan fingerprint density at radius 2 is 1.91 bits per heavy atom. The summed E-state index contributed by atoms with van der Waals surface area (Å²) in [7, 11) is 0. The number of anilines is 2. The molecule has 2 N–H and O–H groups in total. The van der Waals surface area contributed by atoms with Gasteiger partial charge in [-0.1, -0.05) is 28.8 Å². The SMILES string of the molecule is Cc1cc(Br)ccc1NC(=O)c1cnc(NC2CCCC2)nc1. The number of nitrogens with one attached hydrogen (secondary N) is 2. The Labute approximate surface area is 144 Å². The van der Waals surface area contributed by atoms with Crippen LogP contribution in [0.4, 0.5) is 11.6 Å². The predicted octanol–water partition coefficient (Wildman–Crippen LogP) is 4.15. The van der Waals surface area contributed by atoms with E-state index in [0.717, 1.165) is 28.6 Å². The number of hydrogen-bond donors (Lipinski definition) is 2. The molecular formula is C17H19BrN4O. The molecule has 1 aliphatic rings. The average Bonchev–Trinajstić information content (AvgIpc) is 3.04. The van der Waals surface area contributed by atoms with Crippen LogP contribution in [0.1, 0.15) is 41.6 Å². The van der Waals surface area contributed by atoms with Crippen LogP contribution in [0.2, 0.25) is 0 Å². The van der Waals surface area contributed by atoms with Crippen LogP contribution >= 0.6 is 15.9 Å². The van der Waals surface area contributed by atoms with Crippen LogP contribution < -0.4 is 10.6 Å². The monoisotopic (exact) mass is 374 g/mol. The van der Waals surface area contributed by atoms with Crippen LogP contribution in [0.5, 0.6) is 0 Å². The highest BCUT2D eigenvalue weighted by Gasteiger charge is 2.16. The van der Waals surface area contributed by atoms with Gasteiger partial charge < -0.3 is 10.6 Å². The van der Waals surface area contributed by atoms with Gasteiger partial charge in [-0.15, -0.1) is 0 Å². The van der Waals surface area contributed by atoms with Crippen molar-refractivity contribution < 1.29 is 4.79 Å². The molecule has 1 aromatic carbocycles. The molecule has 5 nitrogen and oxygen atoms in total. The van der Waals surface area contributed by atoms with Gasteiger partial charge in [-0.2, -0.15) is 0 Å². The van der Waals surface area contributed by atoms with E-state index in [0.29, 0.717) is 17.6 Å². The molecule has 120 valence electrons. The molecule has 0 atom stereocenters. The van der Waals surface area contributed by atoms with E-state index in [1.165, 1.54) is 12.8 Å². The fourth-order valence-electron chi connectivity index (χ4n) is 2.73. The number of benzene rings is 1. The van der Waals surface area contributed by atoms with Crippen LogP contribution in [0, 0.1) is 6.92 Å². The number of aromatic nitrogens is 2. The van der Waals surface area contributed by atoms with E-state index < -0.39 is 0 Å². The smallest absolute Gasteiger partial charge is 0.258 e. The molecule has 6 heteroatoms. The van der Waals surface area contributed by atoms with Crippen molar-refractivity contribution in [2.24, 2.45) is 0 Å². The zero-order valence-corrected chi connectivity index (χ0v) is 14.6. The van der Waals surface area contributed by atoms with E-state index >= 15 is 0 Å². The zero-order chi connectivity index (χ0) is 16.2. The van der Waals surface area contributed by atoms with Gasteiger partial charge in [-0.3, -0.25) is 4.79 Å². The summed E-state index contributed by atoms with van der Waals surface area (Å²) in [6, 6.07) is 6.18. The highest BCUT2D eigenvalue weighted by atomic mass is 79.9. The maximum Gasteiger partial charge on any atom is 0.258 e. The van der Waals surface area contributed by atoms with Crippen molar-refractivity contribution in [2.75, 3.05) is 10.6 Å². The van der Waals surface area contributed by atoms with Crippen LogP contribution in [0.25, 0.3) is 0 Å². The molecule has 0 spiro atoms. The van der Waals surface area contributed by atoms with E-state index in [2.05, 4.69) is 36.5 Å². The molecule has 23 heavy (non-hydrogen) atoms. The number of hydrogen-bond acceptors (Lipinski definition) is 4. The molecule has 1 aliphatic carbocycles. The Bertz CT molecular complexity index is 696. The Balaban J connectivity index is 1.65. The Hall–Kier alpha value is -1.95. The molecule has 1 amide bonds. The number of halogens is 1. The summed E-state index contributed by atoms with van der Waals surface area (Å²) >= 11 is 3.41. The molecule has 1 saturated carbocycles. The van der Waals surface area contributed by atoms with Gasteiger partial charge in [-0.25, -0.2) is 9.97 Å². The molecule has 0 unspecified atom stereocenters. The molecule has 0 bridgehead atoms. The minimum atomic E-state index is -0.206. The van der Waals surface area contributed by atoms with Gasteiger partial charge in [0, 0.05) is 28.6 Å². The molecule has 2 aromatic rings. The molecule has 0 aliphatic heterocycles. The van der Waals surface area contributed by atoms with Gasteiger partial charge in [-0.05, 0) is 43.5 Å². The third-order valence-electron chi connectivity index (χ3n) is 4.04. The lowest BCUT2D eigenvalue weighted by molar-refractivity contribution is 0.102. The zero-order valence-electron chi connectivity index (χ0n) is 13.0. The standard InChI is InChI=1S/C17H19BrN4O/c1-11-8-13(18)6-7-15(11)22-16(23)12-9-19-17(20-10-12)21-14-4-2-3-5-14/h6-10,14H,2-5H2,1H3,(H,22,23)(H,19,20,21). The largest absolute Gasteiger partial charge is 0.351 e. The molecule has 1 aromatic heterocycles. The van der Waals surface area contributed by atoms with Gasteiger partial charge in [0.2, 0.25) is 5.95 Å². The maximum atomic E-state index is 12.3. The van der Waals surface area contributed by atoms with Crippen molar-refractivity contribution >= 4 is 33.5 Å². The Morgan fingerprint density at radius 3 is 2.57 bits per heavy atom. The quantitative estimate of drug-likeness (QED) is 0.843. The summed E-state index contributed by atoms with van der Waals surface area (Å²) in [5.74, 6) is 0.385. The van der Waals surface area contributed by atoms with E-state index in [1.54, 1.807) is 12.4 Å². The van der Waals surface area contributed by atoms with E-state index in [-0.39, 0.29) is 5.91 Å². The number of aryl methyl sites for hydroxylation is 1. The van der Waals surface area contributed by atoms with Crippen molar-refractivity contribution in [3.63, 3.8) is 0 Å². The van der Waals surface area contributed by atoms with Crippen molar-refractivity contribution in [3.8, 4) is 0 Å². The molecular weight excluding hydrogens is 356 g/mol. The molecule has 0 saturated heterocycles. The van der Waals surface area contributed by atoms with Gasteiger partial charge in [0.25, 0.3) is 5.91 Å². The van der Waals surface area contributed by atoms with E-state index in [4.69, 9.17) is 0 Å². The van der Waals surface area contributed by atoms with Crippen LogP contribution in [0.3, 0.4) is 0 Å². The van der Waals surface area contributed by atoms with Gasteiger partial charge >= 0.3 is 0 Å². The minimum Gasteiger partial charge on any atom is -0.351 e. The fraction of sp³-hybridized carbons (Fsp3) is 0.353. The molecule has 1 heterocycles. The normalized spacial score (nSPS) is 14.7. The van der Waals surface area contributed by atoms with E-state index in [1.807, 2.05) is 25.1 Å². The Morgan fingerprint density at radius 1 is 1.22 bits per heavy atom. The van der Waals surface area contributed by atoms with Gasteiger partial charge in [0.1, 0.15) is 0 Å². The number of carbonyl (C=O) groups excluding carboxylic acids is 1. The number of nitrogens with zero attached hydrogens (tertiary/aromatic N) is 2. The third kappa shape index (κ3) is 4.07. The second kappa shape index (κ2) is 7.08. The third-order valence-corrected chi connectivity index (χ3v) is 4.53. The number of carbonyl (C=O) groups is 1. The summed E-state index contributed by atoms with van der Waals surface area (Å²) in [5.41, 5.74) is 2.23. The van der Waals surface area contributed by atoms with Crippen LogP contribution in [-0.2, 0) is 0 Å². The lowest BCUT2D eigenvalue weighted by Crippen LogP contribution is -2.18. The van der Waals surface area contributed by atoms with Crippen LogP contribution in [0.15, 0.2) is 35.1 Å². The predicted molar refractivity (Wildman–Crippen MR) is 94.7 cm³/mol. The highest BCUT2D eigenvalue weighted by Crippen LogP contribution is 2.22. The van der Waals surface area contributed by atoms with Crippen molar-refractivity contribution in [3.05, 3.63) is 46.2 Å². The first kappa shape index (κ1) is 15.9.